The lowest BCUT2D eigenvalue weighted by Crippen LogP contribution is -2.45. The Hall–Kier alpha value is -1.37. The third-order valence-corrected chi connectivity index (χ3v) is 2.07. The van der Waals surface area contributed by atoms with Gasteiger partial charge >= 0.3 is 0 Å². The molecule has 0 atom stereocenters. The Morgan fingerprint density at radius 2 is 1.94 bits per heavy atom. The Morgan fingerprint density at radius 3 is 2.29 bits per heavy atom. The number of carbonyl (C=O) groups is 1. The summed E-state index contributed by atoms with van der Waals surface area (Å²) in [5.41, 5.74) is 5.12. The minimum absolute atomic E-state index is 0.0681. The van der Waals surface area contributed by atoms with Crippen molar-refractivity contribution < 1.29 is 15.1 Å². The zero-order chi connectivity index (χ0) is 13.9. The van der Waals surface area contributed by atoms with E-state index in [9.17, 15) is 4.79 Å². The summed E-state index contributed by atoms with van der Waals surface area (Å²) in [6.45, 7) is 6.33. The molecular formula is C10H23N3O4. The van der Waals surface area contributed by atoms with E-state index in [1.54, 1.807) is 0 Å². The van der Waals surface area contributed by atoms with Gasteiger partial charge in [0.1, 0.15) is 0 Å². The van der Waals surface area contributed by atoms with E-state index in [0.29, 0.717) is 0 Å². The van der Waals surface area contributed by atoms with Crippen molar-refractivity contribution in [2.24, 2.45) is 5.73 Å². The fourth-order valence-electron chi connectivity index (χ4n) is 1.31. The quantitative estimate of drug-likeness (QED) is 0.369. The molecule has 102 valence electrons. The first-order valence-corrected chi connectivity index (χ1v) is 5.59. The Kier molecular flexibility index (Phi) is 10.4. The van der Waals surface area contributed by atoms with Gasteiger partial charge in [0.15, 0.2) is 0 Å². The number of unbranched alkanes of at least 4 members (excludes halogenated alkanes) is 2. The number of carbonyl (C=O) groups excluding carboxylic acids is 1. The van der Waals surface area contributed by atoms with Gasteiger partial charge in [-0.2, -0.15) is 0 Å². The van der Waals surface area contributed by atoms with Crippen molar-refractivity contribution in [2.45, 2.75) is 52.0 Å². The van der Waals surface area contributed by atoms with E-state index in [2.05, 4.69) is 12.2 Å². The minimum Gasteiger partial charge on any atom is -0.350 e. The maximum absolute atomic E-state index is 11.0. The fourth-order valence-corrected chi connectivity index (χ4v) is 1.31. The van der Waals surface area contributed by atoms with Crippen LogP contribution >= 0.6 is 0 Å². The van der Waals surface area contributed by atoms with E-state index >= 15 is 0 Å². The Bertz CT molecular complexity index is 228. The second kappa shape index (κ2) is 9.83. The van der Waals surface area contributed by atoms with Gasteiger partial charge in [0, 0.05) is 5.54 Å². The summed E-state index contributed by atoms with van der Waals surface area (Å²) < 4.78 is 0. The normalized spacial score (nSPS) is 10.1. The summed E-state index contributed by atoms with van der Waals surface area (Å²) in [6.07, 6.45) is 4.61. The fraction of sp³-hybridized carbons (Fsp3) is 0.900. The van der Waals surface area contributed by atoms with Gasteiger partial charge in [-0.1, -0.05) is 26.2 Å². The van der Waals surface area contributed by atoms with E-state index < -0.39 is 5.09 Å². The molecule has 0 unspecified atom stereocenters. The molecule has 0 aromatic rings. The molecule has 17 heavy (non-hydrogen) atoms. The third kappa shape index (κ3) is 17.3. The second-order valence-corrected chi connectivity index (χ2v) is 4.33. The summed E-state index contributed by atoms with van der Waals surface area (Å²) in [5, 5.41) is 16.5. The van der Waals surface area contributed by atoms with Crippen molar-refractivity contribution >= 4 is 5.91 Å². The van der Waals surface area contributed by atoms with Gasteiger partial charge in [-0.3, -0.25) is 4.79 Å². The van der Waals surface area contributed by atoms with Crippen LogP contribution in [-0.2, 0) is 4.79 Å². The highest BCUT2D eigenvalue weighted by Gasteiger charge is 2.18. The predicted octanol–water partition coefficient (Wildman–Crippen LogP) is 1.07. The number of hydrogen-bond acceptors (Lipinski definition) is 4. The molecule has 0 heterocycles. The molecule has 0 fully saturated rings. The number of rotatable bonds is 6. The first-order chi connectivity index (χ1) is 7.75. The van der Waals surface area contributed by atoms with E-state index in [1.165, 1.54) is 12.8 Å². The molecule has 0 spiro atoms. The molecule has 0 aromatic heterocycles. The molecule has 0 saturated heterocycles. The SMILES string of the molecule is CCCCCC(C)(C)NC(=O)CN.O=[N+]([O-])O. The minimum atomic E-state index is -1.50. The molecule has 7 nitrogen and oxygen atoms in total. The van der Waals surface area contributed by atoms with Gasteiger partial charge in [0.25, 0.3) is 5.09 Å². The predicted molar refractivity (Wildman–Crippen MR) is 64.2 cm³/mol. The van der Waals surface area contributed by atoms with Gasteiger partial charge < -0.3 is 16.3 Å². The molecule has 0 aliphatic rings. The first-order valence-electron chi connectivity index (χ1n) is 5.59. The molecule has 0 saturated carbocycles. The zero-order valence-corrected chi connectivity index (χ0v) is 10.7. The summed E-state index contributed by atoms with van der Waals surface area (Å²) in [4.78, 5) is 19.4. The average Bonchev–Trinajstić information content (AvgIpc) is 2.16. The van der Waals surface area contributed by atoms with Crippen LogP contribution in [0.2, 0.25) is 0 Å². The smallest absolute Gasteiger partial charge is 0.291 e. The Balaban J connectivity index is 0. The highest BCUT2D eigenvalue weighted by atomic mass is 16.9. The largest absolute Gasteiger partial charge is 0.350 e. The van der Waals surface area contributed by atoms with Crippen LogP contribution in [0, 0.1) is 10.1 Å². The van der Waals surface area contributed by atoms with Gasteiger partial charge in [0.2, 0.25) is 5.91 Å². The standard InChI is InChI=1S/C10H22N2O.HNO3/c1-4-5-6-7-10(2,3)12-9(13)8-11;2-1(3)4/h4-8,11H2,1-3H3,(H,12,13);(H,2,3,4). The summed E-state index contributed by atoms with van der Waals surface area (Å²) in [6, 6.07) is 0. The number of hydrogen-bond donors (Lipinski definition) is 3. The summed E-state index contributed by atoms with van der Waals surface area (Å²) in [5.74, 6) is -0.0681. The van der Waals surface area contributed by atoms with Crippen molar-refractivity contribution in [3.05, 3.63) is 10.1 Å². The number of nitrogens with one attached hydrogen (secondary N) is 1. The molecule has 7 heteroatoms. The molecule has 1 amide bonds. The Morgan fingerprint density at radius 1 is 1.47 bits per heavy atom. The molecule has 0 rings (SSSR count). The molecular weight excluding hydrogens is 226 g/mol. The van der Waals surface area contributed by atoms with Gasteiger partial charge in [0.05, 0.1) is 6.54 Å². The van der Waals surface area contributed by atoms with Crippen LogP contribution < -0.4 is 11.1 Å². The third-order valence-electron chi connectivity index (χ3n) is 2.07. The van der Waals surface area contributed by atoms with Gasteiger partial charge in [-0.15, -0.1) is 10.1 Å². The van der Waals surface area contributed by atoms with Crippen LogP contribution in [0.25, 0.3) is 0 Å². The van der Waals surface area contributed by atoms with Crippen molar-refractivity contribution in [1.82, 2.24) is 5.32 Å². The molecule has 0 aliphatic carbocycles. The highest BCUT2D eigenvalue weighted by Crippen LogP contribution is 2.13. The second-order valence-electron chi connectivity index (χ2n) is 4.33. The Labute approximate surface area is 101 Å². The average molecular weight is 249 g/mol. The molecule has 0 bridgehead atoms. The molecule has 0 radical (unpaired) electrons. The lowest BCUT2D eigenvalue weighted by Gasteiger charge is -2.25. The van der Waals surface area contributed by atoms with E-state index in [4.69, 9.17) is 21.1 Å². The molecule has 4 N–H and O–H groups in total. The highest BCUT2D eigenvalue weighted by molar-refractivity contribution is 5.78. The maximum atomic E-state index is 11.0. The van der Waals surface area contributed by atoms with Crippen LogP contribution in [-0.4, -0.2) is 28.3 Å². The van der Waals surface area contributed by atoms with Crippen LogP contribution in [0.1, 0.15) is 46.5 Å². The van der Waals surface area contributed by atoms with E-state index in [1.807, 2.05) is 13.8 Å². The molecule has 0 aromatic carbocycles. The number of amides is 1. The van der Waals surface area contributed by atoms with Crippen molar-refractivity contribution in [3.63, 3.8) is 0 Å². The van der Waals surface area contributed by atoms with E-state index in [0.717, 1.165) is 12.8 Å². The molecule has 0 aliphatic heterocycles. The topological polar surface area (TPSA) is 118 Å². The van der Waals surface area contributed by atoms with Crippen LogP contribution in [0.15, 0.2) is 0 Å². The summed E-state index contributed by atoms with van der Waals surface area (Å²) in [7, 11) is 0. The van der Waals surface area contributed by atoms with Gasteiger partial charge in [-0.05, 0) is 20.3 Å². The van der Waals surface area contributed by atoms with Crippen LogP contribution in [0.5, 0.6) is 0 Å². The van der Waals surface area contributed by atoms with E-state index in [-0.39, 0.29) is 18.0 Å². The lowest BCUT2D eigenvalue weighted by atomic mass is 9.97. The van der Waals surface area contributed by atoms with Crippen molar-refractivity contribution in [2.75, 3.05) is 6.54 Å². The van der Waals surface area contributed by atoms with Crippen LogP contribution in [0.3, 0.4) is 0 Å². The summed E-state index contributed by atoms with van der Waals surface area (Å²) >= 11 is 0. The number of nitrogens with two attached hydrogens (primary N) is 1. The van der Waals surface area contributed by atoms with Crippen LogP contribution in [0.4, 0.5) is 0 Å². The monoisotopic (exact) mass is 249 g/mol. The number of nitrogens with zero attached hydrogens (tertiary/aromatic N) is 1. The van der Waals surface area contributed by atoms with Gasteiger partial charge in [-0.25, -0.2) is 0 Å². The zero-order valence-electron chi connectivity index (χ0n) is 10.7. The lowest BCUT2D eigenvalue weighted by molar-refractivity contribution is -0.742. The van der Waals surface area contributed by atoms with Crippen molar-refractivity contribution in [1.29, 1.82) is 0 Å². The maximum Gasteiger partial charge on any atom is 0.291 e. The van der Waals surface area contributed by atoms with Crippen molar-refractivity contribution in [3.8, 4) is 0 Å². The first kappa shape index (κ1) is 18.0.